The number of ether oxygens (including phenoxy) is 2. The van der Waals surface area contributed by atoms with Crippen LogP contribution < -0.4 is 5.32 Å². The molecule has 0 saturated carbocycles. The van der Waals surface area contributed by atoms with Crippen molar-refractivity contribution in [2.75, 3.05) is 31.6 Å². The second-order valence-corrected chi connectivity index (χ2v) is 7.52. The molecule has 1 fully saturated rings. The first-order valence-corrected chi connectivity index (χ1v) is 9.94. The van der Waals surface area contributed by atoms with Gasteiger partial charge in [-0.2, -0.15) is 26.3 Å². The number of nitrogens with zero attached hydrogens (tertiary/aromatic N) is 3. The highest BCUT2D eigenvalue weighted by Crippen LogP contribution is 2.30. The Kier molecular flexibility index (Phi) is 7.83. The summed E-state index contributed by atoms with van der Waals surface area (Å²) in [5.41, 5.74) is -0.331. The van der Waals surface area contributed by atoms with Crippen molar-refractivity contribution < 1.29 is 45.0 Å². The fraction of sp³-hybridized carbons (Fsp3) is 0.421. The van der Waals surface area contributed by atoms with Gasteiger partial charge < -0.3 is 9.47 Å². The Balaban J connectivity index is 1.66. The van der Waals surface area contributed by atoms with E-state index in [2.05, 4.69) is 14.7 Å². The lowest BCUT2D eigenvalue weighted by Gasteiger charge is -2.35. The second-order valence-electron chi connectivity index (χ2n) is 7.11. The van der Waals surface area contributed by atoms with Crippen molar-refractivity contribution in [1.29, 1.82) is 0 Å². The molecule has 2 heterocycles. The molecule has 2 aromatic rings. The van der Waals surface area contributed by atoms with Gasteiger partial charge in [0.1, 0.15) is 11.9 Å². The number of alkyl halides is 6. The quantitative estimate of drug-likeness (QED) is 0.573. The topological polar surface area (TPSA) is 76.6 Å². The lowest BCUT2D eigenvalue weighted by Crippen LogP contribution is -2.48. The number of morpholine rings is 1. The van der Waals surface area contributed by atoms with Gasteiger partial charge in [0.2, 0.25) is 11.9 Å². The first-order valence-electron chi connectivity index (χ1n) is 9.56. The number of aromatic nitrogens is 2. The van der Waals surface area contributed by atoms with Crippen LogP contribution in [-0.2, 0) is 15.7 Å². The van der Waals surface area contributed by atoms with E-state index in [0.717, 1.165) is 18.3 Å². The van der Waals surface area contributed by atoms with Gasteiger partial charge >= 0.3 is 18.4 Å². The first-order chi connectivity index (χ1) is 15.8. The number of carbonyl (C=O) groups excluding carboxylic acids is 1. The highest BCUT2D eigenvalue weighted by atomic mass is 35.5. The van der Waals surface area contributed by atoms with Gasteiger partial charge in [-0.25, -0.2) is 19.2 Å². The van der Waals surface area contributed by atoms with Crippen molar-refractivity contribution in [2.45, 2.75) is 24.6 Å². The van der Waals surface area contributed by atoms with E-state index < -0.39 is 48.8 Å². The Morgan fingerprint density at radius 2 is 2.00 bits per heavy atom. The number of halogens is 8. The van der Waals surface area contributed by atoms with Crippen molar-refractivity contribution in [2.24, 2.45) is 0 Å². The third-order valence-corrected chi connectivity index (χ3v) is 4.92. The fourth-order valence-corrected chi connectivity index (χ4v) is 3.15. The summed E-state index contributed by atoms with van der Waals surface area (Å²) in [7, 11) is 0. The van der Waals surface area contributed by atoms with Gasteiger partial charge in [0, 0.05) is 31.5 Å². The predicted octanol–water partition coefficient (Wildman–Crippen LogP) is 4.84. The molecule has 7 nitrogen and oxygen atoms in total. The SMILES string of the molecule is O=C(Nc1ccc(Cl)c(F)c1)O[C@@H](CN1CCO[C@H](c2ccnc(C(F)(F)F)n2)C1)C(F)(F)F. The summed E-state index contributed by atoms with van der Waals surface area (Å²) in [6, 6.07) is 4.23. The third-order valence-electron chi connectivity index (χ3n) is 4.62. The third kappa shape index (κ3) is 6.90. The summed E-state index contributed by atoms with van der Waals surface area (Å²) >= 11 is 5.51. The molecule has 0 unspecified atom stereocenters. The van der Waals surface area contributed by atoms with E-state index >= 15 is 0 Å². The number of rotatable bonds is 5. The molecule has 1 saturated heterocycles. The number of amides is 1. The van der Waals surface area contributed by atoms with E-state index in [1.807, 2.05) is 5.32 Å². The maximum atomic E-state index is 13.5. The monoisotopic (exact) mass is 516 g/mol. The van der Waals surface area contributed by atoms with E-state index in [1.54, 1.807) is 0 Å². The number of carbonyl (C=O) groups is 1. The molecule has 1 aromatic heterocycles. The van der Waals surface area contributed by atoms with Crippen molar-refractivity contribution in [3.05, 3.63) is 52.8 Å². The molecule has 0 aliphatic carbocycles. The van der Waals surface area contributed by atoms with Crippen LogP contribution in [0.4, 0.5) is 41.2 Å². The summed E-state index contributed by atoms with van der Waals surface area (Å²) in [6.07, 6.45) is -14.0. The van der Waals surface area contributed by atoms with Gasteiger partial charge in [-0.15, -0.1) is 0 Å². The van der Waals surface area contributed by atoms with E-state index in [1.165, 1.54) is 17.0 Å². The molecule has 1 aliphatic heterocycles. The van der Waals surface area contributed by atoms with Gasteiger partial charge in [-0.3, -0.25) is 10.2 Å². The lowest BCUT2D eigenvalue weighted by molar-refractivity contribution is -0.209. The number of nitrogens with one attached hydrogen (secondary N) is 1. The maximum Gasteiger partial charge on any atom is 0.451 e. The van der Waals surface area contributed by atoms with Crippen LogP contribution >= 0.6 is 11.6 Å². The zero-order valence-electron chi connectivity index (χ0n) is 17.0. The van der Waals surface area contributed by atoms with E-state index in [0.29, 0.717) is 0 Å². The average molecular weight is 517 g/mol. The average Bonchev–Trinajstić information content (AvgIpc) is 2.75. The fourth-order valence-electron chi connectivity index (χ4n) is 3.03. The summed E-state index contributed by atoms with van der Waals surface area (Å²) in [5, 5.41) is 1.73. The number of anilines is 1. The highest BCUT2D eigenvalue weighted by Gasteiger charge is 2.45. The minimum Gasteiger partial charge on any atom is -0.435 e. The molecule has 0 radical (unpaired) electrons. The minimum atomic E-state index is -4.96. The van der Waals surface area contributed by atoms with Crippen LogP contribution in [0, 0.1) is 5.82 Å². The van der Waals surface area contributed by atoms with Gasteiger partial charge in [-0.1, -0.05) is 11.6 Å². The molecule has 186 valence electrons. The van der Waals surface area contributed by atoms with Crippen LogP contribution in [0.2, 0.25) is 5.02 Å². The molecule has 1 N–H and O–H groups in total. The molecular formula is C19H16ClF7N4O3. The molecule has 0 bridgehead atoms. The summed E-state index contributed by atoms with van der Waals surface area (Å²) in [5.74, 6) is -2.30. The molecule has 1 aromatic carbocycles. The highest BCUT2D eigenvalue weighted by molar-refractivity contribution is 6.30. The largest absolute Gasteiger partial charge is 0.451 e. The zero-order valence-corrected chi connectivity index (χ0v) is 17.7. The minimum absolute atomic E-state index is 0.00628. The first kappa shape index (κ1) is 25.9. The van der Waals surface area contributed by atoms with Gasteiger partial charge in [0.05, 0.1) is 17.3 Å². The van der Waals surface area contributed by atoms with Gasteiger partial charge in [0.25, 0.3) is 0 Å². The van der Waals surface area contributed by atoms with Crippen molar-refractivity contribution >= 4 is 23.4 Å². The van der Waals surface area contributed by atoms with Crippen LogP contribution in [0.25, 0.3) is 0 Å². The van der Waals surface area contributed by atoms with Crippen LogP contribution in [0.5, 0.6) is 0 Å². The van der Waals surface area contributed by atoms with E-state index in [-0.39, 0.29) is 36.1 Å². The van der Waals surface area contributed by atoms with Crippen molar-refractivity contribution in [3.8, 4) is 0 Å². The number of benzene rings is 1. The van der Waals surface area contributed by atoms with Crippen LogP contribution in [0.1, 0.15) is 17.6 Å². The lowest BCUT2D eigenvalue weighted by atomic mass is 10.2. The zero-order chi connectivity index (χ0) is 25.1. The van der Waals surface area contributed by atoms with Gasteiger partial charge in [-0.05, 0) is 24.3 Å². The van der Waals surface area contributed by atoms with Gasteiger partial charge in [0.15, 0.2) is 0 Å². The molecule has 15 heteroatoms. The molecule has 3 rings (SSSR count). The molecule has 1 amide bonds. The summed E-state index contributed by atoms with van der Waals surface area (Å²) < 4.78 is 102. The molecule has 1 aliphatic rings. The van der Waals surface area contributed by atoms with Crippen LogP contribution in [0.15, 0.2) is 30.5 Å². The molecule has 34 heavy (non-hydrogen) atoms. The number of hydrogen-bond acceptors (Lipinski definition) is 6. The molecular weight excluding hydrogens is 501 g/mol. The predicted molar refractivity (Wildman–Crippen MR) is 104 cm³/mol. The Hall–Kier alpha value is -2.71. The molecule has 2 atom stereocenters. The summed E-state index contributed by atoms with van der Waals surface area (Å²) in [4.78, 5) is 19.7. The van der Waals surface area contributed by atoms with Crippen LogP contribution in [-0.4, -0.2) is 59.5 Å². The van der Waals surface area contributed by atoms with Crippen molar-refractivity contribution in [3.63, 3.8) is 0 Å². The maximum absolute atomic E-state index is 13.5. The van der Waals surface area contributed by atoms with Crippen LogP contribution in [0.3, 0.4) is 0 Å². The van der Waals surface area contributed by atoms with E-state index in [9.17, 15) is 35.5 Å². The normalized spacial score (nSPS) is 18.4. The molecule has 0 spiro atoms. The smallest absolute Gasteiger partial charge is 0.435 e. The second kappa shape index (κ2) is 10.3. The summed E-state index contributed by atoms with van der Waals surface area (Å²) in [6.45, 7) is -1.16. The standard InChI is InChI=1S/C19H16ClF7N4O3/c20-11-2-1-10(7-12(11)21)29-17(32)34-15(18(22,23)24)9-31-5-6-33-14(8-31)13-3-4-28-16(30-13)19(25,26)27/h1-4,7,14-15H,5-6,8-9H2,(H,29,32)/t14-,15-/m0/s1. The Labute approximate surface area is 192 Å². The van der Waals surface area contributed by atoms with Crippen molar-refractivity contribution in [1.82, 2.24) is 14.9 Å². The Morgan fingerprint density at radius 3 is 2.65 bits per heavy atom. The Morgan fingerprint density at radius 1 is 1.26 bits per heavy atom. The Bertz CT molecular complexity index is 1020. The number of hydrogen-bond donors (Lipinski definition) is 1. The van der Waals surface area contributed by atoms with E-state index in [4.69, 9.17) is 16.3 Å².